The Morgan fingerprint density at radius 3 is 3.00 bits per heavy atom. The Bertz CT molecular complexity index is 691. The number of rotatable bonds is 3. The molecule has 2 atom stereocenters. The van der Waals surface area contributed by atoms with Crippen LogP contribution in [0, 0.1) is 5.92 Å². The first kappa shape index (κ1) is 14.6. The minimum atomic E-state index is -2.93. The molecule has 2 saturated heterocycles. The second-order valence-electron chi connectivity index (χ2n) is 6.44. The van der Waals surface area contributed by atoms with E-state index in [0.717, 1.165) is 31.4 Å². The maximum Gasteiger partial charge on any atom is 0.240 e. The zero-order valence-electron chi connectivity index (χ0n) is 12.2. The van der Waals surface area contributed by atoms with E-state index in [9.17, 15) is 13.2 Å². The lowest BCUT2D eigenvalue weighted by Crippen LogP contribution is -2.33. The molecule has 4 rings (SSSR count). The number of amides is 1. The number of carbonyl (C=O) groups is 1. The molecule has 0 radical (unpaired) electrons. The predicted molar refractivity (Wildman–Crippen MR) is 84.9 cm³/mol. The Morgan fingerprint density at radius 1 is 1.36 bits per heavy atom. The molecule has 0 spiro atoms. The highest BCUT2D eigenvalue weighted by atomic mass is 32.2. The summed E-state index contributed by atoms with van der Waals surface area (Å²) in [5.74, 6) is 0.429. The van der Waals surface area contributed by atoms with Gasteiger partial charge in [0.15, 0.2) is 15.0 Å². The second-order valence-corrected chi connectivity index (χ2v) is 9.86. The Kier molecular flexibility index (Phi) is 3.50. The quantitative estimate of drug-likeness (QED) is 0.875. The molecule has 1 amide bonds. The molecule has 3 heterocycles. The summed E-state index contributed by atoms with van der Waals surface area (Å²) >= 11 is 1.57. The number of aryl methyl sites for hydroxylation is 2. The van der Waals surface area contributed by atoms with Crippen molar-refractivity contribution in [1.82, 2.24) is 9.88 Å². The fourth-order valence-electron chi connectivity index (χ4n) is 3.81. The first-order valence-electron chi connectivity index (χ1n) is 7.73. The molecule has 0 aromatic carbocycles. The third-order valence-electron chi connectivity index (χ3n) is 4.90. The van der Waals surface area contributed by atoms with Crippen molar-refractivity contribution in [2.75, 3.05) is 30.7 Å². The van der Waals surface area contributed by atoms with E-state index in [1.165, 1.54) is 4.88 Å². The van der Waals surface area contributed by atoms with E-state index in [-0.39, 0.29) is 23.6 Å². The Hall–Kier alpha value is -0.990. The van der Waals surface area contributed by atoms with Gasteiger partial charge >= 0.3 is 0 Å². The van der Waals surface area contributed by atoms with Crippen LogP contribution in [0.25, 0.3) is 0 Å². The van der Waals surface area contributed by atoms with Gasteiger partial charge in [0.25, 0.3) is 0 Å². The van der Waals surface area contributed by atoms with Gasteiger partial charge in [0.1, 0.15) is 0 Å². The molecule has 8 heteroatoms. The Balaban J connectivity index is 1.35. The minimum Gasteiger partial charge on any atom is -0.301 e. The van der Waals surface area contributed by atoms with E-state index in [0.29, 0.717) is 24.0 Å². The third-order valence-corrected chi connectivity index (χ3v) is 8.23. The summed E-state index contributed by atoms with van der Waals surface area (Å²) < 4.78 is 23.8. The van der Waals surface area contributed by atoms with Gasteiger partial charge in [0, 0.05) is 18.0 Å². The molecule has 2 fully saturated rings. The van der Waals surface area contributed by atoms with Gasteiger partial charge in [-0.15, -0.1) is 11.3 Å². The third kappa shape index (κ3) is 2.57. The lowest BCUT2D eigenvalue weighted by atomic mass is 10.1. The van der Waals surface area contributed by atoms with Gasteiger partial charge in [-0.2, -0.15) is 0 Å². The van der Waals surface area contributed by atoms with Crippen molar-refractivity contribution in [3.63, 3.8) is 0 Å². The molecule has 6 nitrogen and oxygen atoms in total. The highest BCUT2D eigenvalue weighted by Crippen LogP contribution is 2.33. The molecule has 1 aliphatic carbocycles. The van der Waals surface area contributed by atoms with Crippen LogP contribution in [0.5, 0.6) is 0 Å². The summed E-state index contributed by atoms with van der Waals surface area (Å²) in [5.41, 5.74) is 1.13. The number of likely N-dealkylation sites (tertiary alicyclic amines) is 1. The van der Waals surface area contributed by atoms with Crippen molar-refractivity contribution in [2.24, 2.45) is 5.92 Å². The number of thiazole rings is 1. The molecule has 1 aromatic rings. The summed E-state index contributed by atoms with van der Waals surface area (Å²) in [6.45, 7) is 1.47. The van der Waals surface area contributed by atoms with Crippen molar-refractivity contribution in [1.29, 1.82) is 0 Å². The fourth-order valence-corrected chi connectivity index (χ4v) is 7.06. The van der Waals surface area contributed by atoms with Crippen LogP contribution in [0.4, 0.5) is 5.13 Å². The van der Waals surface area contributed by atoms with Crippen LogP contribution in [-0.4, -0.2) is 54.8 Å². The van der Waals surface area contributed by atoms with Gasteiger partial charge in [-0.25, -0.2) is 13.4 Å². The van der Waals surface area contributed by atoms with Gasteiger partial charge in [-0.05, 0) is 31.6 Å². The molecule has 2 aliphatic heterocycles. The predicted octanol–water partition coefficient (Wildman–Crippen LogP) is 0.689. The number of fused-ring (bicyclic) bond motifs is 2. The van der Waals surface area contributed by atoms with E-state index in [2.05, 4.69) is 10.3 Å². The molecule has 3 aliphatic rings. The van der Waals surface area contributed by atoms with Crippen molar-refractivity contribution >= 4 is 32.2 Å². The molecule has 0 bridgehead atoms. The molecule has 0 unspecified atom stereocenters. The van der Waals surface area contributed by atoms with Crippen molar-refractivity contribution in [3.8, 4) is 0 Å². The fraction of sp³-hybridized carbons (Fsp3) is 0.714. The van der Waals surface area contributed by atoms with Gasteiger partial charge in [-0.3, -0.25) is 9.69 Å². The van der Waals surface area contributed by atoms with Gasteiger partial charge < -0.3 is 5.32 Å². The summed E-state index contributed by atoms with van der Waals surface area (Å²) in [6.07, 6.45) is 3.98. The summed E-state index contributed by atoms with van der Waals surface area (Å²) in [5, 5.41) is 3.28. The van der Waals surface area contributed by atoms with Gasteiger partial charge in [0.05, 0.1) is 23.2 Å². The summed E-state index contributed by atoms with van der Waals surface area (Å²) in [7, 11) is -2.93. The highest BCUT2D eigenvalue weighted by molar-refractivity contribution is 7.92. The number of nitrogens with one attached hydrogen (secondary N) is 1. The topological polar surface area (TPSA) is 79.4 Å². The molecule has 0 saturated carbocycles. The molecular weight excluding hydrogens is 322 g/mol. The second kappa shape index (κ2) is 5.28. The monoisotopic (exact) mass is 341 g/mol. The van der Waals surface area contributed by atoms with Crippen LogP contribution >= 0.6 is 11.3 Å². The van der Waals surface area contributed by atoms with E-state index < -0.39 is 9.84 Å². The van der Waals surface area contributed by atoms with E-state index >= 15 is 0 Å². The Morgan fingerprint density at radius 2 is 2.23 bits per heavy atom. The number of carbonyl (C=O) groups excluding carboxylic acids is 1. The number of hydrogen-bond donors (Lipinski definition) is 1. The number of sulfone groups is 1. The normalized spacial score (nSPS) is 29.5. The molecule has 1 N–H and O–H groups in total. The van der Waals surface area contributed by atoms with Crippen molar-refractivity contribution in [3.05, 3.63) is 10.6 Å². The zero-order valence-corrected chi connectivity index (χ0v) is 13.9. The van der Waals surface area contributed by atoms with Crippen LogP contribution in [-0.2, 0) is 27.5 Å². The van der Waals surface area contributed by atoms with E-state index in [4.69, 9.17) is 0 Å². The lowest BCUT2D eigenvalue weighted by molar-refractivity contribution is -0.117. The van der Waals surface area contributed by atoms with Gasteiger partial charge in [0.2, 0.25) is 5.91 Å². The minimum absolute atomic E-state index is 0.0928. The number of hydrogen-bond acceptors (Lipinski definition) is 6. The lowest BCUT2D eigenvalue weighted by Gasteiger charge is -2.15. The number of anilines is 1. The van der Waals surface area contributed by atoms with Crippen molar-refractivity contribution < 1.29 is 13.2 Å². The number of aromatic nitrogens is 1. The van der Waals surface area contributed by atoms with Crippen LogP contribution < -0.4 is 5.32 Å². The average molecular weight is 341 g/mol. The average Bonchev–Trinajstić information content (AvgIpc) is 3.13. The molecular formula is C14H19N3O3S2. The number of nitrogens with zero attached hydrogens (tertiary/aromatic N) is 2. The SMILES string of the molecule is O=C(CN1C[C@@H]2CCS(=O)(=O)[C@@H]2C1)Nc1nc2c(s1)CCC2. The molecule has 22 heavy (non-hydrogen) atoms. The smallest absolute Gasteiger partial charge is 0.240 e. The molecule has 120 valence electrons. The first-order chi connectivity index (χ1) is 10.5. The summed E-state index contributed by atoms with van der Waals surface area (Å²) in [4.78, 5) is 19.8. The van der Waals surface area contributed by atoms with Crippen LogP contribution in [0.2, 0.25) is 0 Å². The van der Waals surface area contributed by atoms with Crippen LogP contribution in [0.3, 0.4) is 0 Å². The largest absolute Gasteiger partial charge is 0.301 e. The maximum atomic E-state index is 12.1. The first-order valence-corrected chi connectivity index (χ1v) is 10.3. The van der Waals surface area contributed by atoms with Gasteiger partial charge in [-0.1, -0.05) is 0 Å². The molecule has 1 aromatic heterocycles. The van der Waals surface area contributed by atoms with E-state index in [1.54, 1.807) is 11.3 Å². The Labute approximate surface area is 133 Å². The van der Waals surface area contributed by atoms with Crippen molar-refractivity contribution in [2.45, 2.75) is 30.9 Å². The highest BCUT2D eigenvalue weighted by Gasteiger charge is 2.46. The van der Waals surface area contributed by atoms with E-state index in [1.807, 2.05) is 4.90 Å². The van der Waals surface area contributed by atoms with Crippen LogP contribution in [0.1, 0.15) is 23.4 Å². The summed E-state index contributed by atoms with van der Waals surface area (Å²) in [6, 6.07) is 0. The zero-order chi connectivity index (χ0) is 15.3. The maximum absolute atomic E-state index is 12.1. The standard InChI is InChI=1S/C14H19N3O3S2/c18-13(16-14-15-10-2-1-3-11(10)21-14)8-17-6-9-4-5-22(19,20)12(9)7-17/h9,12H,1-8H2,(H,15,16,18)/t9-,12+/m0/s1. The van der Waals surface area contributed by atoms with Crippen LogP contribution in [0.15, 0.2) is 0 Å².